The van der Waals surface area contributed by atoms with E-state index < -0.39 is 11.6 Å². The lowest BCUT2D eigenvalue weighted by molar-refractivity contribution is -0.128. The first-order valence-corrected chi connectivity index (χ1v) is 17.1. The van der Waals surface area contributed by atoms with Crippen molar-refractivity contribution in [3.63, 3.8) is 0 Å². The number of carbonyl (C=O) groups is 1. The van der Waals surface area contributed by atoms with Gasteiger partial charge in [-0.25, -0.2) is 8.78 Å². The maximum absolute atomic E-state index is 14.6. The van der Waals surface area contributed by atoms with E-state index in [0.717, 1.165) is 65.8 Å². The van der Waals surface area contributed by atoms with Crippen LogP contribution in [0.25, 0.3) is 16.8 Å². The van der Waals surface area contributed by atoms with E-state index in [0.29, 0.717) is 42.6 Å². The number of hydrogen-bond acceptors (Lipinski definition) is 7. The number of piperazine rings is 1. The second kappa shape index (κ2) is 14.6. The largest absolute Gasteiger partial charge is 0.486 e. The number of methoxy groups -OCH3 is 1. The minimum atomic E-state index is -0.749. The van der Waals surface area contributed by atoms with Gasteiger partial charge in [0.25, 0.3) is 5.91 Å². The third kappa shape index (κ3) is 7.39. The number of halogens is 4. The quantitative estimate of drug-likeness (QED) is 0.154. The monoisotopic (exact) mass is 708 g/mol. The molecule has 1 saturated heterocycles. The van der Waals surface area contributed by atoms with Gasteiger partial charge in [0.1, 0.15) is 29.7 Å². The van der Waals surface area contributed by atoms with Crippen LogP contribution in [-0.4, -0.2) is 60.9 Å². The van der Waals surface area contributed by atoms with Crippen molar-refractivity contribution in [1.29, 1.82) is 0 Å². The molecular weight excluding hydrogens is 673 g/mol. The summed E-state index contributed by atoms with van der Waals surface area (Å²) in [7, 11) is 1.69. The lowest BCUT2D eigenvalue weighted by Crippen LogP contribution is -2.60. The van der Waals surface area contributed by atoms with Gasteiger partial charge in [-0.2, -0.15) is 0 Å². The van der Waals surface area contributed by atoms with Gasteiger partial charge >= 0.3 is 0 Å². The molecular formula is C37H36Cl2F2N4O4. The molecule has 0 spiro atoms. The Morgan fingerprint density at radius 3 is 2.61 bits per heavy atom. The molecule has 2 aliphatic heterocycles. The fourth-order valence-electron chi connectivity index (χ4n) is 6.62. The molecule has 3 heterocycles. The van der Waals surface area contributed by atoms with Gasteiger partial charge in [0.2, 0.25) is 0 Å². The Labute approximate surface area is 293 Å². The summed E-state index contributed by atoms with van der Waals surface area (Å²) >= 11 is 12.6. The Bertz CT molecular complexity index is 1880. The Balaban J connectivity index is 1.11. The molecule has 2 atom stereocenters. The molecule has 3 aliphatic rings. The van der Waals surface area contributed by atoms with Crippen molar-refractivity contribution in [3.05, 3.63) is 110 Å². The van der Waals surface area contributed by atoms with E-state index in [1.807, 2.05) is 41.3 Å². The highest BCUT2D eigenvalue weighted by Crippen LogP contribution is 2.38. The van der Waals surface area contributed by atoms with Gasteiger partial charge in [-0.05, 0) is 78.3 Å². The summed E-state index contributed by atoms with van der Waals surface area (Å²) in [6, 6.07) is 17.3. The molecule has 2 bridgehead atoms. The van der Waals surface area contributed by atoms with Crippen molar-refractivity contribution < 1.29 is 27.6 Å². The fourth-order valence-corrected chi connectivity index (χ4v) is 7.05. The first kappa shape index (κ1) is 33.7. The molecule has 7 rings (SSSR count). The second-order valence-corrected chi connectivity index (χ2v) is 13.5. The van der Waals surface area contributed by atoms with E-state index in [1.165, 1.54) is 6.07 Å². The fraction of sp³-hybridized carbons (Fsp3) is 0.351. The van der Waals surface area contributed by atoms with Crippen LogP contribution >= 0.6 is 23.2 Å². The predicted octanol–water partition coefficient (Wildman–Crippen LogP) is 6.97. The summed E-state index contributed by atoms with van der Waals surface area (Å²) in [5.41, 5.74) is 4.75. The zero-order valence-electron chi connectivity index (χ0n) is 26.9. The highest BCUT2D eigenvalue weighted by Gasteiger charge is 2.41. The van der Waals surface area contributed by atoms with Gasteiger partial charge in [0, 0.05) is 55.5 Å². The molecule has 4 aromatic rings. The average Bonchev–Trinajstić information content (AvgIpc) is 3.85. The minimum Gasteiger partial charge on any atom is -0.486 e. The molecule has 0 unspecified atom stereocenters. The summed E-state index contributed by atoms with van der Waals surface area (Å²) < 4.78 is 44.8. The molecule has 49 heavy (non-hydrogen) atoms. The smallest absolute Gasteiger partial charge is 0.252 e. The van der Waals surface area contributed by atoms with Crippen LogP contribution in [0.15, 0.2) is 70.8 Å². The lowest BCUT2D eigenvalue weighted by Gasteiger charge is -2.41. The van der Waals surface area contributed by atoms with Crippen LogP contribution in [0.5, 0.6) is 5.75 Å². The van der Waals surface area contributed by atoms with E-state index >= 15 is 0 Å². The topological polar surface area (TPSA) is 88.9 Å². The first-order valence-electron chi connectivity index (χ1n) is 16.4. The van der Waals surface area contributed by atoms with Crippen LogP contribution in [0, 0.1) is 11.6 Å². The number of hydrogen-bond donors (Lipinski definition) is 2. The van der Waals surface area contributed by atoms with Crippen LogP contribution in [0.4, 0.5) is 8.78 Å². The van der Waals surface area contributed by atoms with E-state index in [1.54, 1.807) is 7.11 Å². The molecule has 256 valence electrons. The number of fused-ring (bicyclic) bond motifs is 2. The molecule has 1 saturated carbocycles. The Morgan fingerprint density at radius 1 is 1.04 bits per heavy atom. The lowest BCUT2D eigenvalue weighted by atomic mass is 9.83. The minimum absolute atomic E-state index is 0.0125. The SMILES string of the molecule is COCCc1ccc(Cl)c(CN(C(=O)C2=C(c3ccc(OCc4cc(-c5c(F)ccc(F)c5Cl)no4)cc3)C[C@@H]3CNC[C@H]2N3)C2CC2)c1. The molecule has 2 N–H and O–H groups in total. The third-order valence-corrected chi connectivity index (χ3v) is 10.0. The van der Waals surface area contributed by atoms with E-state index in [-0.39, 0.29) is 46.9 Å². The van der Waals surface area contributed by atoms with Gasteiger partial charge < -0.3 is 29.5 Å². The summed E-state index contributed by atoms with van der Waals surface area (Å²) in [4.78, 5) is 16.6. The molecule has 0 radical (unpaired) electrons. The van der Waals surface area contributed by atoms with Crippen LogP contribution < -0.4 is 15.4 Å². The Hall–Kier alpha value is -3.80. The molecule has 1 aliphatic carbocycles. The number of aromatic nitrogens is 1. The van der Waals surface area contributed by atoms with Crippen LogP contribution in [-0.2, 0) is 29.1 Å². The molecule has 2 fully saturated rings. The van der Waals surface area contributed by atoms with Gasteiger partial charge in [-0.15, -0.1) is 0 Å². The second-order valence-electron chi connectivity index (χ2n) is 12.7. The maximum atomic E-state index is 14.6. The van der Waals surface area contributed by atoms with Crippen molar-refractivity contribution in [2.75, 3.05) is 26.8 Å². The normalized spacial score (nSPS) is 18.9. The molecule has 12 heteroatoms. The molecule has 1 aromatic heterocycles. The maximum Gasteiger partial charge on any atom is 0.252 e. The number of amides is 1. The number of carbonyl (C=O) groups excluding carboxylic acids is 1. The van der Waals surface area contributed by atoms with Gasteiger partial charge in [0.05, 0.1) is 23.2 Å². The van der Waals surface area contributed by atoms with Crippen LogP contribution in [0.1, 0.15) is 41.7 Å². The summed E-state index contributed by atoms with van der Waals surface area (Å²) in [6.07, 6.45) is 3.42. The number of rotatable bonds is 12. The third-order valence-electron chi connectivity index (χ3n) is 9.27. The first-order chi connectivity index (χ1) is 23.8. The zero-order valence-corrected chi connectivity index (χ0v) is 28.4. The van der Waals surface area contributed by atoms with E-state index in [9.17, 15) is 13.6 Å². The van der Waals surface area contributed by atoms with E-state index in [4.69, 9.17) is 37.2 Å². The van der Waals surface area contributed by atoms with Crippen molar-refractivity contribution in [2.24, 2.45) is 0 Å². The highest BCUT2D eigenvalue weighted by atomic mass is 35.5. The summed E-state index contributed by atoms with van der Waals surface area (Å²) in [6.45, 7) is 2.55. The standard InChI is InChI=1S/C37H36Cl2F2N4O4/c1-47-13-12-21-2-9-29(38)23(14-21)19-45(25-5-6-25)37(46)34-28(15-24-17-42-18-33(34)43-24)22-3-7-26(8-4-22)48-20-27-16-32(44-49-27)35-30(40)10-11-31(41)36(35)39/h2-4,7-11,14,16,24-25,33,42-43H,5-6,12-13,15,17-20H2,1H3/t24-,33-/m1/s1. The predicted molar refractivity (Wildman–Crippen MR) is 183 cm³/mol. The van der Waals surface area contributed by atoms with E-state index in [2.05, 4.69) is 21.9 Å². The zero-order chi connectivity index (χ0) is 34.1. The molecule has 3 aromatic carbocycles. The Kier molecular flexibility index (Phi) is 10.0. The van der Waals surface area contributed by atoms with Crippen molar-refractivity contribution in [3.8, 4) is 17.0 Å². The summed E-state index contributed by atoms with van der Waals surface area (Å²) in [5.74, 6) is -0.530. The van der Waals surface area contributed by atoms with Gasteiger partial charge in [0.15, 0.2) is 5.76 Å². The number of nitrogens with zero attached hydrogens (tertiary/aromatic N) is 2. The molecule has 8 nitrogen and oxygen atoms in total. The Morgan fingerprint density at radius 2 is 1.84 bits per heavy atom. The molecule has 1 amide bonds. The summed E-state index contributed by atoms with van der Waals surface area (Å²) in [5, 5.41) is 11.3. The number of ether oxygens (including phenoxy) is 2. The van der Waals surface area contributed by atoms with Gasteiger partial charge in [-0.1, -0.05) is 52.6 Å². The van der Waals surface area contributed by atoms with Gasteiger partial charge in [-0.3, -0.25) is 4.79 Å². The van der Waals surface area contributed by atoms with Crippen LogP contribution in [0.2, 0.25) is 10.0 Å². The van der Waals surface area contributed by atoms with Crippen LogP contribution in [0.3, 0.4) is 0 Å². The average molecular weight is 710 g/mol. The van der Waals surface area contributed by atoms with Crippen molar-refractivity contribution in [1.82, 2.24) is 20.7 Å². The van der Waals surface area contributed by atoms with Crippen molar-refractivity contribution >= 4 is 34.7 Å². The number of nitrogens with one attached hydrogen (secondary N) is 2. The number of benzene rings is 3. The highest BCUT2D eigenvalue weighted by molar-refractivity contribution is 6.33. The van der Waals surface area contributed by atoms with Crippen molar-refractivity contribution in [2.45, 2.75) is 57.0 Å².